The standard InChI is InChI=1S/C23H21NO5S/c1-14-19(11-16-8-9-17-18(10-16)29-13-28-17)30-22(21(14)23(26)27-2)24-20(25)12-15-6-4-3-5-7-15/h3-10H,11-13H2,1-2H3,(H,24,25). The summed E-state index contributed by atoms with van der Waals surface area (Å²) in [6.07, 6.45) is 0.835. The number of anilines is 1. The molecular formula is C23H21NO5S. The molecule has 0 unspecified atom stereocenters. The molecule has 0 bridgehead atoms. The fraction of sp³-hybridized carbons (Fsp3) is 0.217. The number of nitrogens with one attached hydrogen (secondary N) is 1. The third-order valence-electron chi connectivity index (χ3n) is 4.90. The molecule has 3 aromatic rings. The molecular weight excluding hydrogens is 402 g/mol. The Bertz CT molecular complexity index is 1090. The third kappa shape index (κ3) is 4.16. The van der Waals surface area contributed by atoms with Crippen molar-refractivity contribution in [2.45, 2.75) is 19.8 Å². The molecule has 154 valence electrons. The van der Waals surface area contributed by atoms with Crippen LogP contribution in [0.2, 0.25) is 0 Å². The van der Waals surface area contributed by atoms with Gasteiger partial charge in [-0.05, 0) is 35.7 Å². The first-order valence-electron chi connectivity index (χ1n) is 9.48. The van der Waals surface area contributed by atoms with Gasteiger partial charge in [-0.1, -0.05) is 36.4 Å². The number of carbonyl (C=O) groups is 2. The van der Waals surface area contributed by atoms with Crippen LogP contribution in [0.4, 0.5) is 5.00 Å². The van der Waals surface area contributed by atoms with Crippen molar-refractivity contribution in [2.24, 2.45) is 0 Å². The zero-order valence-corrected chi connectivity index (χ0v) is 17.5. The maximum Gasteiger partial charge on any atom is 0.341 e. The fourth-order valence-electron chi connectivity index (χ4n) is 3.35. The Kier molecular flexibility index (Phi) is 5.72. The van der Waals surface area contributed by atoms with E-state index in [0.717, 1.165) is 27.3 Å². The van der Waals surface area contributed by atoms with Crippen molar-refractivity contribution in [3.05, 3.63) is 75.7 Å². The van der Waals surface area contributed by atoms with Gasteiger partial charge in [-0.2, -0.15) is 0 Å². The van der Waals surface area contributed by atoms with Gasteiger partial charge >= 0.3 is 5.97 Å². The molecule has 6 nitrogen and oxygen atoms in total. The maximum atomic E-state index is 12.6. The second-order valence-corrected chi connectivity index (χ2v) is 8.03. The van der Waals surface area contributed by atoms with Gasteiger partial charge in [-0.25, -0.2) is 4.79 Å². The summed E-state index contributed by atoms with van der Waals surface area (Å²) in [4.78, 5) is 26.0. The van der Waals surface area contributed by atoms with Crippen LogP contribution in [0.25, 0.3) is 0 Å². The molecule has 0 saturated heterocycles. The lowest BCUT2D eigenvalue weighted by Gasteiger charge is -2.06. The summed E-state index contributed by atoms with van der Waals surface area (Å²) in [6, 6.07) is 15.3. The highest BCUT2D eigenvalue weighted by molar-refractivity contribution is 7.17. The Morgan fingerprint density at radius 1 is 1.07 bits per heavy atom. The molecule has 0 radical (unpaired) electrons. The van der Waals surface area contributed by atoms with Gasteiger partial charge in [0.15, 0.2) is 11.5 Å². The fourth-order valence-corrected chi connectivity index (χ4v) is 4.60. The summed E-state index contributed by atoms with van der Waals surface area (Å²) in [5.74, 6) is 0.801. The lowest BCUT2D eigenvalue weighted by atomic mass is 10.1. The lowest BCUT2D eigenvalue weighted by molar-refractivity contribution is -0.115. The van der Waals surface area contributed by atoms with Gasteiger partial charge in [0.1, 0.15) is 5.00 Å². The van der Waals surface area contributed by atoms with Crippen LogP contribution in [0, 0.1) is 6.92 Å². The van der Waals surface area contributed by atoms with Gasteiger partial charge in [0.25, 0.3) is 0 Å². The van der Waals surface area contributed by atoms with E-state index in [1.807, 2.05) is 55.5 Å². The van der Waals surface area contributed by atoms with Gasteiger partial charge in [0, 0.05) is 11.3 Å². The Morgan fingerprint density at radius 3 is 2.60 bits per heavy atom. The zero-order chi connectivity index (χ0) is 21.1. The molecule has 7 heteroatoms. The number of hydrogen-bond acceptors (Lipinski definition) is 6. The van der Waals surface area contributed by atoms with Crippen LogP contribution in [-0.2, 0) is 22.4 Å². The highest BCUT2D eigenvalue weighted by Crippen LogP contribution is 2.37. The summed E-state index contributed by atoms with van der Waals surface area (Å²) < 4.78 is 15.8. The van der Waals surface area contributed by atoms with E-state index in [1.165, 1.54) is 18.4 Å². The van der Waals surface area contributed by atoms with Crippen LogP contribution < -0.4 is 14.8 Å². The van der Waals surface area contributed by atoms with Crippen molar-refractivity contribution in [3.63, 3.8) is 0 Å². The largest absolute Gasteiger partial charge is 0.465 e. The van der Waals surface area contributed by atoms with Gasteiger partial charge in [0.05, 0.1) is 19.1 Å². The highest BCUT2D eigenvalue weighted by Gasteiger charge is 2.24. The number of fused-ring (bicyclic) bond motifs is 1. The Hall–Kier alpha value is -3.32. The normalized spacial score (nSPS) is 11.9. The molecule has 1 aliphatic rings. The quantitative estimate of drug-likeness (QED) is 0.597. The average molecular weight is 423 g/mol. The lowest BCUT2D eigenvalue weighted by Crippen LogP contribution is -2.16. The molecule has 1 aliphatic heterocycles. The first-order chi connectivity index (χ1) is 14.5. The van der Waals surface area contributed by atoms with Crippen molar-refractivity contribution in [2.75, 3.05) is 19.2 Å². The van der Waals surface area contributed by atoms with Crippen molar-refractivity contribution in [1.29, 1.82) is 0 Å². The van der Waals surface area contributed by atoms with Crippen LogP contribution in [0.1, 0.15) is 31.9 Å². The van der Waals surface area contributed by atoms with Crippen LogP contribution in [0.15, 0.2) is 48.5 Å². The molecule has 30 heavy (non-hydrogen) atoms. The second kappa shape index (κ2) is 8.59. The van der Waals surface area contributed by atoms with Gasteiger partial charge in [-0.15, -0.1) is 11.3 Å². The van der Waals surface area contributed by atoms with Crippen molar-refractivity contribution in [3.8, 4) is 11.5 Å². The number of thiophene rings is 1. The SMILES string of the molecule is COC(=O)c1c(NC(=O)Cc2ccccc2)sc(Cc2ccc3c(c2)OCO3)c1C. The number of esters is 1. The van der Waals surface area contributed by atoms with E-state index in [4.69, 9.17) is 14.2 Å². The van der Waals surface area contributed by atoms with Crippen LogP contribution >= 0.6 is 11.3 Å². The van der Waals surface area contributed by atoms with Crippen molar-refractivity contribution < 1.29 is 23.8 Å². The van der Waals surface area contributed by atoms with E-state index in [2.05, 4.69) is 5.32 Å². The smallest absolute Gasteiger partial charge is 0.341 e. The van der Waals surface area contributed by atoms with Crippen molar-refractivity contribution in [1.82, 2.24) is 0 Å². The van der Waals surface area contributed by atoms with Gasteiger partial charge < -0.3 is 19.5 Å². The number of hydrogen-bond donors (Lipinski definition) is 1. The van der Waals surface area contributed by atoms with Crippen LogP contribution in [0.5, 0.6) is 11.5 Å². The average Bonchev–Trinajstić information content (AvgIpc) is 3.32. The summed E-state index contributed by atoms with van der Waals surface area (Å²) in [5.41, 5.74) is 3.14. The predicted molar refractivity (Wildman–Crippen MR) is 115 cm³/mol. The van der Waals surface area contributed by atoms with E-state index in [1.54, 1.807) is 0 Å². The Morgan fingerprint density at radius 2 is 1.83 bits per heavy atom. The number of rotatable bonds is 6. The minimum absolute atomic E-state index is 0.178. The molecule has 1 aromatic heterocycles. The molecule has 0 spiro atoms. The number of methoxy groups -OCH3 is 1. The molecule has 0 fully saturated rings. The monoisotopic (exact) mass is 423 g/mol. The number of carbonyl (C=O) groups excluding carboxylic acids is 2. The minimum atomic E-state index is -0.462. The number of amides is 1. The molecule has 1 amide bonds. The molecule has 0 atom stereocenters. The number of ether oxygens (including phenoxy) is 3. The molecule has 0 aliphatic carbocycles. The minimum Gasteiger partial charge on any atom is -0.465 e. The van der Waals surface area contributed by atoms with Crippen LogP contribution in [0.3, 0.4) is 0 Å². The van der Waals surface area contributed by atoms with Gasteiger partial charge in [-0.3, -0.25) is 4.79 Å². The molecule has 1 N–H and O–H groups in total. The maximum absolute atomic E-state index is 12.6. The highest BCUT2D eigenvalue weighted by atomic mass is 32.1. The van der Waals surface area contributed by atoms with E-state index in [9.17, 15) is 9.59 Å². The zero-order valence-electron chi connectivity index (χ0n) is 16.7. The third-order valence-corrected chi connectivity index (χ3v) is 6.10. The Balaban J connectivity index is 1.58. The first-order valence-corrected chi connectivity index (χ1v) is 10.3. The van der Waals surface area contributed by atoms with E-state index >= 15 is 0 Å². The predicted octanol–water partition coefficient (Wildman–Crippen LogP) is 4.34. The summed E-state index contributed by atoms with van der Waals surface area (Å²) >= 11 is 1.39. The molecule has 2 aromatic carbocycles. The second-order valence-electron chi connectivity index (χ2n) is 6.92. The molecule has 2 heterocycles. The van der Waals surface area contributed by atoms with Gasteiger partial charge in [0.2, 0.25) is 12.7 Å². The van der Waals surface area contributed by atoms with E-state index < -0.39 is 5.97 Å². The summed E-state index contributed by atoms with van der Waals surface area (Å²) in [7, 11) is 1.34. The Labute approximate surface area is 178 Å². The number of benzene rings is 2. The molecule has 0 saturated carbocycles. The summed E-state index contributed by atoms with van der Waals surface area (Å²) in [6.45, 7) is 2.10. The van der Waals surface area contributed by atoms with Crippen molar-refractivity contribution >= 4 is 28.2 Å². The topological polar surface area (TPSA) is 73.9 Å². The van der Waals surface area contributed by atoms with E-state index in [-0.39, 0.29) is 19.1 Å². The summed E-state index contributed by atoms with van der Waals surface area (Å²) in [5, 5.41) is 3.41. The molecule has 4 rings (SSSR count). The van der Waals surface area contributed by atoms with Crippen LogP contribution in [-0.4, -0.2) is 25.8 Å². The first kappa shape index (κ1) is 20.0. The van der Waals surface area contributed by atoms with E-state index in [0.29, 0.717) is 22.7 Å².